The van der Waals surface area contributed by atoms with E-state index in [1.807, 2.05) is 0 Å². The standard InChI is InChI=1S/C16H32N4O7.2H3N/c21-11-13(14(23)12-22)20-7-5-18(9-15(24)25)3-1-17-2-4-19(6-8-20)10-16(26)27;;/h13-14,17,21-23H,1-12H2,(H,24,25)(H,26,27);2*1H3/t13-,14-;;/m0../s1. The lowest BCUT2D eigenvalue weighted by Gasteiger charge is -2.37. The third kappa shape index (κ3) is 12.0. The number of carboxylic acids is 2. The van der Waals surface area contributed by atoms with Crippen LogP contribution < -0.4 is 27.8 Å². The Morgan fingerprint density at radius 1 is 0.828 bits per heavy atom. The van der Waals surface area contributed by atoms with Gasteiger partial charge in [-0.2, -0.15) is 0 Å². The summed E-state index contributed by atoms with van der Waals surface area (Å²) in [6.45, 7) is 1.91. The molecule has 1 aliphatic rings. The summed E-state index contributed by atoms with van der Waals surface area (Å²) >= 11 is 0. The van der Waals surface area contributed by atoms with Crippen LogP contribution in [-0.4, -0.2) is 133 Å². The van der Waals surface area contributed by atoms with Gasteiger partial charge in [0.15, 0.2) is 0 Å². The second-order valence-corrected chi connectivity index (χ2v) is 6.58. The van der Waals surface area contributed by atoms with E-state index in [0.717, 1.165) is 0 Å². The molecule has 0 aromatic carbocycles. The summed E-state index contributed by atoms with van der Waals surface area (Å²) in [5.41, 5.74) is 0. The molecule has 13 nitrogen and oxygen atoms in total. The van der Waals surface area contributed by atoms with Gasteiger partial charge in [-0.1, -0.05) is 0 Å². The molecule has 2 atom stereocenters. The smallest absolute Gasteiger partial charge is 0.0947 e. The van der Waals surface area contributed by atoms with Crippen molar-refractivity contribution in [2.45, 2.75) is 12.1 Å². The minimum atomic E-state index is -1.19. The van der Waals surface area contributed by atoms with Gasteiger partial charge in [0, 0.05) is 65.4 Å². The topological polar surface area (TPSA) is 236 Å². The van der Waals surface area contributed by atoms with Crippen molar-refractivity contribution in [3.05, 3.63) is 0 Å². The molecular weight excluding hydrogens is 388 g/mol. The van der Waals surface area contributed by atoms with Crippen LogP contribution in [0.15, 0.2) is 0 Å². The molecule has 174 valence electrons. The molecule has 29 heavy (non-hydrogen) atoms. The van der Waals surface area contributed by atoms with Gasteiger partial charge in [0.05, 0.1) is 37.3 Å². The molecule has 0 saturated carbocycles. The fourth-order valence-corrected chi connectivity index (χ4v) is 3.09. The number of aliphatic hydroxyl groups is 3. The fraction of sp³-hybridized carbons (Fsp3) is 0.875. The second kappa shape index (κ2) is 16.4. The monoisotopic (exact) mass is 426 g/mol. The highest BCUT2D eigenvalue weighted by molar-refractivity contribution is 5.66. The van der Waals surface area contributed by atoms with Gasteiger partial charge >= 0.3 is 0 Å². The molecule has 1 fully saturated rings. The molecule has 0 aliphatic carbocycles. The van der Waals surface area contributed by atoms with Crippen molar-refractivity contribution in [3.8, 4) is 0 Å². The number of hydrogen-bond donors (Lipinski definition) is 6. The third-order valence-corrected chi connectivity index (χ3v) is 4.61. The number of carboxylic acid groups (broad SMARTS) is 2. The minimum absolute atomic E-state index is 0. The van der Waals surface area contributed by atoms with Crippen molar-refractivity contribution in [2.75, 3.05) is 78.7 Å². The largest absolute Gasteiger partial charge is 0.549 e. The van der Waals surface area contributed by atoms with E-state index in [1.54, 1.807) is 14.7 Å². The maximum Gasteiger partial charge on any atom is 0.0947 e. The Bertz CT molecular complexity index is 429. The first kappa shape index (κ1) is 29.8. The van der Waals surface area contributed by atoms with Crippen LogP contribution in [0, 0.1) is 0 Å². The number of nitrogens with zero attached hydrogens (tertiary/aromatic N) is 3. The summed E-state index contributed by atoms with van der Waals surface area (Å²) in [6.07, 6.45) is -1.17. The molecule has 1 rings (SSSR count). The summed E-state index contributed by atoms with van der Waals surface area (Å²) in [7, 11) is 0. The molecular formula is C16H38N6O7. The van der Waals surface area contributed by atoms with Crippen molar-refractivity contribution in [1.82, 2.24) is 32.3 Å². The molecule has 12 N–H and O–H groups in total. The van der Waals surface area contributed by atoms with Crippen LogP contribution in [0.25, 0.3) is 0 Å². The molecule has 0 amide bonds. The molecule has 1 heterocycles. The predicted molar refractivity (Wildman–Crippen MR) is 103 cm³/mol. The number of aliphatic hydroxyl groups excluding tert-OH is 3. The zero-order valence-electron chi connectivity index (χ0n) is 17.5. The third-order valence-electron chi connectivity index (χ3n) is 4.61. The molecule has 1 saturated heterocycles. The van der Waals surface area contributed by atoms with Crippen LogP contribution in [0.2, 0.25) is 0 Å². The van der Waals surface area contributed by atoms with Crippen LogP contribution in [0.1, 0.15) is 0 Å². The van der Waals surface area contributed by atoms with E-state index < -0.39 is 37.3 Å². The van der Waals surface area contributed by atoms with Crippen molar-refractivity contribution in [1.29, 1.82) is 0 Å². The lowest BCUT2D eigenvalue weighted by molar-refractivity contribution is -0.307. The number of hydrogen-bond acceptors (Lipinski definition) is 11. The van der Waals surface area contributed by atoms with Gasteiger partial charge in [-0.15, -0.1) is 0 Å². The Balaban J connectivity index is 0. The van der Waals surface area contributed by atoms with E-state index in [1.165, 1.54) is 0 Å². The maximum atomic E-state index is 10.9. The maximum absolute atomic E-state index is 10.9. The van der Waals surface area contributed by atoms with E-state index in [4.69, 9.17) is 0 Å². The van der Waals surface area contributed by atoms with Crippen molar-refractivity contribution in [3.63, 3.8) is 0 Å². The van der Waals surface area contributed by atoms with E-state index >= 15 is 0 Å². The zero-order chi connectivity index (χ0) is 20.2. The molecule has 0 aromatic rings. The van der Waals surface area contributed by atoms with Crippen LogP contribution in [0.4, 0.5) is 0 Å². The van der Waals surface area contributed by atoms with Gasteiger partial charge in [0.25, 0.3) is 0 Å². The fourth-order valence-electron chi connectivity index (χ4n) is 3.09. The minimum Gasteiger partial charge on any atom is -0.549 e. The average Bonchev–Trinajstić information content (AvgIpc) is 2.60. The Kier molecular flexibility index (Phi) is 16.8. The van der Waals surface area contributed by atoms with Crippen LogP contribution in [0.5, 0.6) is 0 Å². The molecule has 0 aromatic heterocycles. The highest BCUT2D eigenvalue weighted by Crippen LogP contribution is 2.07. The SMILES string of the molecule is O=C([O-])CN1CCNCCN(CC(=O)[O-])CCN([C@@H](CO)[C@@H](O)CO)CC1.[NH4+].[NH4+]. The molecule has 0 spiro atoms. The summed E-state index contributed by atoms with van der Waals surface area (Å²) in [4.78, 5) is 27.0. The Morgan fingerprint density at radius 2 is 1.28 bits per heavy atom. The van der Waals surface area contributed by atoms with E-state index in [0.29, 0.717) is 52.4 Å². The lowest BCUT2D eigenvalue weighted by Crippen LogP contribution is -2.54. The highest BCUT2D eigenvalue weighted by Gasteiger charge is 2.26. The first-order chi connectivity index (χ1) is 12.9. The predicted octanol–water partition coefficient (Wildman–Crippen LogP) is -5.54. The van der Waals surface area contributed by atoms with Gasteiger partial charge in [-0.05, 0) is 0 Å². The molecule has 0 unspecified atom stereocenters. The summed E-state index contributed by atoms with van der Waals surface area (Å²) in [5, 5.41) is 53.9. The summed E-state index contributed by atoms with van der Waals surface area (Å²) in [5.74, 6) is -2.38. The number of carbonyl (C=O) groups excluding carboxylic acids is 2. The lowest BCUT2D eigenvalue weighted by atomic mass is 10.1. The van der Waals surface area contributed by atoms with Gasteiger partial charge < -0.3 is 52.7 Å². The van der Waals surface area contributed by atoms with Crippen molar-refractivity contribution < 1.29 is 35.1 Å². The van der Waals surface area contributed by atoms with E-state index in [9.17, 15) is 35.1 Å². The Labute approximate surface area is 171 Å². The summed E-state index contributed by atoms with van der Waals surface area (Å²) < 4.78 is 0. The summed E-state index contributed by atoms with van der Waals surface area (Å²) in [6, 6.07) is -0.745. The van der Waals surface area contributed by atoms with Gasteiger partial charge in [0.2, 0.25) is 0 Å². The number of rotatable bonds is 8. The first-order valence-electron chi connectivity index (χ1n) is 9.06. The van der Waals surface area contributed by atoms with Crippen LogP contribution >= 0.6 is 0 Å². The number of carbonyl (C=O) groups is 2. The zero-order valence-corrected chi connectivity index (χ0v) is 17.5. The number of quaternary nitrogens is 2. The van der Waals surface area contributed by atoms with Crippen LogP contribution in [-0.2, 0) is 9.59 Å². The van der Waals surface area contributed by atoms with Crippen molar-refractivity contribution >= 4 is 11.9 Å². The number of aliphatic carboxylic acids is 2. The highest BCUT2D eigenvalue weighted by atomic mass is 16.4. The van der Waals surface area contributed by atoms with E-state index in [2.05, 4.69) is 5.32 Å². The molecule has 0 bridgehead atoms. The van der Waals surface area contributed by atoms with Gasteiger partial charge in [-0.3, -0.25) is 14.7 Å². The van der Waals surface area contributed by atoms with Gasteiger partial charge in [0.1, 0.15) is 0 Å². The quantitative estimate of drug-likeness (QED) is 0.214. The second-order valence-electron chi connectivity index (χ2n) is 6.58. The average molecular weight is 427 g/mol. The Morgan fingerprint density at radius 3 is 1.62 bits per heavy atom. The molecule has 0 radical (unpaired) electrons. The van der Waals surface area contributed by atoms with Crippen LogP contribution in [0.3, 0.4) is 0 Å². The molecule has 1 aliphatic heterocycles. The number of nitrogens with one attached hydrogen (secondary N) is 1. The van der Waals surface area contributed by atoms with Crippen molar-refractivity contribution in [2.24, 2.45) is 0 Å². The first-order valence-corrected chi connectivity index (χ1v) is 9.06. The molecule has 13 heteroatoms. The van der Waals surface area contributed by atoms with E-state index in [-0.39, 0.29) is 25.4 Å². The normalized spacial score (nSPS) is 20.2. The Hall–Kier alpha value is -1.42. The van der Waals surface area contributed by atoms with Gasteiger partial charge in [-0.25, -0.2) is 0 Å².